The van der Waals surface area contributed by atoms with Gasteiger partial charge >= 0.3 is 13.5 Å². The Kier molecular flexibility index (Phi) is 8.83. The molecule has 0 spiro atoms. The molecule has 2 unspecified atom stereocenters. The normalized spacial score (nSPS) is 13.8. The van der Waals surface area contributed by atoms with Gasteiger partial charge in [-0.05, 0) is 59.7 Å². The Balaban J connectivity index is 1.42. The number of benzene rings is 2. The molecule has 218 valence electrons. The molecule has 0 aliphatic carbocycles. The number of carbonyl (C=O) groups is 1. The summed E-state index contributed by atoms with van der Waals surface area (Å²) in [6.45, 7) is 6.62. The van der Waals surface area contributed by atoms with E-state index in [1.54, 1.807) is 12.1 Å². The van der Waals surface area contributed by atoms with E-state index in [1.807, 2.05) is 36.5 Å². The molecule has 0 amide bonds. The number of aromatic nitrogens is 1. The Hall–Kier alpha value is -3.13. The van der Waals surface area contributed by atoms with Crippen LogP contribution in [0, 0.1) is 5.92 Å². The number of halogens is 2. The van der Waals surface area contributed by atoms with Crippen molar-refractivity contribution in [3.63, 3.8) is 0 Å². The molecule has 0 fully saturated rings. The second-order valence-corrected chi connectivity index (χ2v) is 14.5. The molecule has 0 saturated carbocycles. The molecule has 11 heteroatoms. The number of pyridine rings is 1. The minimum atomic E-state index is -3.77. The number of anilines is 1. The zero-order chi connectivity index (χ0) is 30.2. The number of hydrogen-bond acceptors (Lipinski definition) is 6. The van der Waals surface area contributed by atoms with Crippen LogP contribution in [0.1, 0.15) is 48.3 Å². The minimum absolute atomic E-state index is 0.0118. The fraction of sp³-hybridized carbons (Fsp3) is 0.226. The van der Waals surface area contributed by atoms with Crippen LogP contribution in [0.2, 0.25) is 10.0 Å². The Morgan fingerprint density at radius 2 is 1.79 bits per heavy atom. The van der Waals surface area contributed by atoms with Gasteiger partial charge in [0.25, 0.3) is 0 Å². The van der Waals surface area contributed by atoms with Crippen molar-refractivity contribution in [3.05, 3.63) is 87.3 Å². The first-order chi connectivity index (χ1) is 20.0. The Morgan fingerprint density at radius 3 is 2.43 bits per heavy atom. The van der Waals surface area contributed by atoms with Gasteiger partial charge < -0.3 is 19.1 Å². The summed E-state index contributed by atoms with van der Waals surface area (Å²) in [5.74, 6) is 0.511. The van der Waals surface area contributed by atoms with Crippen LogP contribution in [0.3, 0.4) is 0 Å². The van der Waals surface area contributed by atoms with Crippen LogP contribution in [0.15, 0.2) is 71.3 Å². The van der Waals surface area contributed by atoms with Gasteiger partial charge in [0.15, 0.2) is 5.58 Å². The topological polar surface area (TPSA) is 102 Å². The maximum atomic E-state index is 13.7. The Morgan fingerprint density at radius 1 is 1.07 bits per heavy atom. The molecular weight excluding hydrogens is 614 g/mol. The van der Waals surface area contributed by atoms with Gasteiger partial charge in [-0.2, -0.15) is 0 Å². The van der Waals surface area contributed by atoms with Crippen molar-refractivity contribution >= 4 is 70.1 Å². The van der Waals surface area contributed by atoms with Crippen LogP contribution >= 0.6 is 42.1 Å². The first kappa shape index (κ1) is 30.3. The summed E-state index contributed by atoms with van der Waals surface area (Å²) in [6.07, 6.45) is 2.99. The summed E-state index contributed by atoms with van der Waals surface area (Å²) in [4.78, 5) is 17.4. The lowest BCUT2D eigenvalue weighted by atomic mass is 9.93. The molecule has 2 atom stereocenters. The third-order valence-electron chi connectivity index (χ3n) is 6.92. The van der Waals surface area contributed by atoms with Crippen LogP contribution in [0.25, 0.3) is 32.9 Å². The lowest BCUT2D eigenvalue weighted by molar-refractivity contribution is 0.0703. The molecule has 2 aromatic carbocycles. The lowest BCUT2D eigenvalue weighted by Gasteiger charge is -2.19. The fourth-order valence-electron chi connectivity index (χ4n) is 4.84. The van der Waals surface area contributed by atoms with Gasteiger partial charge in [0, 0.05) is 34.8 Å². The summed E-state index contributed by atoms with van der Waals surface area (Å²) >= 11 is 13.3. The number of carboxylic acids is 1. The monoisotopic (exact) mass is 642 g/mol. The van der Waals surface area contributed by atoms with Crippen LogP contribution in [0.4, 0.5) is 5.69 Å². The number of thiophene rings is 1. The average molecular weight is 644 g/mol. The van der Waals surface area contributed by atoms with Crippen LogP contribution in [-0.4, -0.2) is 23.2 Å². The van der Waals surface area contributed by atoms with Gasteiger partial charge in [-0.3, -0.25) is 9.55 Å². The third kappa shape index (κ3) is 6.29. The number of fused-ring (bicyclic) bond motifs is 1. The van der Waals surface area contributed by atoms with Crippen molar-refractivity contribution in [2.45, 2.75) is 33.1 Å². The van der Waals surface area contributed by atoms with E-state index in [1.165, 1.54) is 19.2 Å². The molecule has 0 aliphatic rings. The van der Waals surface area contributed by atoms with E-state index >= 15 is 0 Å². The van der Waals surface area contributed by atoms with Gasteiger partial charge in [-0.15, -0.1) is 11.3 Å². The summed E-state index contributed by atoms with van der Waals surface area (Å²) in [7, 11) is -2.50. The summed E-state index contributed by atoms with van der Waals surface area (Å²) in [5.41, 5.74) is 4.50. The SMILES string of the molecule is COP(=O)(Nc1cc(-c2ccc(-c3cc4ncc(C(C)CC(C)C)cc4o3)cc2)sc1C(=O)O)c1ccc(Cl)cc1Cl. The average Bonchev–Trinajstić information content (AvgIpc) is 3.56. The van der Waals surface area contributed by atoms with E-state index in [0.717, 1.165) is 45.5 Å². The molecule has 3 heterocycles. The van der Waals surface area contributed by atoms with Gasteiger partial charge in [-0.25, -0.2) is 4.79 Å². The first-order valence-electron chi connectivity index (χ1n) is 13.2. The number of nitrogens with zero attached hydrogens (tertiary/aromatic N) is 1. The highest BCUT2D eigenvalue weighted by molar-refractivity contribution is 7.68. The second-order valence-electron chi connectivity index (χ2n) is 10.5. The largest absolute Gasteiger partial charge is 0.477 e. The Labute approximate surface area is 258 Å². The van der Waals surface area contributed by atoms with E-state index in [-0.39, 0.29) is 20.9 Å². The smallest absolute Gasteiger partial charge is 0.348 e. The molecule has 42 heavy (non-hydrogen) atoms. The van der Waals surface area contributed by atoms with Crippen LogP contribution in [-0.2, 0) is 9.09 Å². The molecule has 0 saturated heterocycles. The maximum absolute atomic E-state index is 13.7. The molecule has 0 radical (unpaired) electrons. The van der Waals surface area contributed by atoms with Crippen LogP contribution in [0.5, 0.6) is 0 Å². The molecule has 2 N–H and O–H groups in total. The fourth-order valence-corrected chi connectivity index (χ4v) is 8.14. The molecule has 0 aliphatic heterocycles. The number of aromatic carboxylic acids is 1. The van der Waals surface area contributed by atoms with Crippen molar-refractivity contribution < 1.29 is 23.4 Å². The summed E-state index contributed by atoms with van der Waals surface area (Å²) in [6, 6.07) is 17.7. The minimum Gasteiger partial charge on any atom is -0.477 e. The first-order valence-corrected chi connectivity index (χ1v) is 16.4. The second kappa shape index (κ2) is 12.2. The summed E-state index contributed by atoms with van der Waals surface area (Å²) < 4.78 is 25.2. The molecule has 5 rings (SSSR count). The van der Waals surface area contributed by atoms with E-state index in [0.29, 0.717) is 27.5 Å². The highest BCUT2D eigenvalue weighted by Gasteiger charge is 2.30. The molecule has 0 bridgehead atoms. The van der Waals surface area contributed by atoms with Crippen molar-refractivity contribution in [3.8, 4) is 21.8 Å². The number of hydrogen-bond donors (Lipinski definition) is 2. The molecule has 7 nitrogen and oxygen atoms in total. The number of furan rings is 1. The quantitative estimate of drug-likeness (QED) is 0.146. The predicted octanol–water partition coefficient (Wildman–Crippen LogP) is 9.95. The predicted molar refractivity (Wildman–Crippen MR) is 172 cm³/mol. The molecule has 5 aromatic rings. The maximum Gasteiger partial charge on any atom is 0.348 e. The van der Waals surface area contributed by atoms with Gasteiger partial charge in [0.05, 0.1) is 16.0 Å². The van der Waals surface area contributed by atoms with E-state index < -0.39 is 13.5 Å². The Bertz CT molecular complexity index is 1820. The zero-order valence-electron chi connectivity index (χ0n) is 23.4. The highest BCUT2D eigenvalue weighted by atomic mass is 35.5. The van der Waals surface area contributed by atoms with Crippen molar-refractivity contribution in [1.82, 2.24) is 4.98 Å². The van der Waals surface area contributed by atoms with Crippen molar-refractivity contribution in [2.24, 2.45) is 5.92 Å². The van der Waals surface area contributed by atoms with Gasteiger partial charge in [0.1, 0.15) is 16.2 Å². The van der Waals surface area contributed by atoms with Crippen molar-refractivity contribution in [2.75, 3.05) is 12.2 Å². The van der Waals surface area contributed by atoms with E-state index in [2.05, 4.69) is 36.9 Å². The third-order valence-corrected chi connectivity index (χ3v) is 10.8. The van der Waals surface area contributed by atoms with Gasteiger partial charge in [0.2, 0.25) is 0 Å². The number of rotatable bonds is 10. The standard InChI is InChI=1S/C31H29Cl2N2O5PS/c1-17(2)11-18(3)21-12-27-24(34-16-21)14-26(40-27)19-5-7-20(8-6-19)29-15-25(30(42-29)31(36)37)35-41(38,39-4)28-10-9-22(32)13-23(28)33/h5-10,12-18H,11H2,1-4H3,(H,35,38)(H,36,37). The zero-order valence-corrected chi connectivity index (χ0v) is 26.6. The van der Waals surface area contributed by atoms with E-state index in [9.17, 15) is 14.5 Å². The van der Waals surface area contributed by atoms with Crippen molar-refractivity contribution in [1.29, 1.82) is 0 Å². The molecule has 3 aromatic heterocycles. The van der Waals surface area contributed by atoms with E-state index in [4.69, 9.17) is 32.1 Å². The lowest BCUT2D eigenvalue weighted by Crippen LogP contribution is -2.15. The number of nitrogens with one attached hydrogen (secondary N) is 1. The molecular formula is C31H29Cl2N2O5PS. The summed E-state index contributed by atoms with van der Waals surface area (Å²) in [5, 5.41) is 13.4. The van der Waals surface area contributed by atoms with Crippen LogP contribution < -0.4 is 10.4 Å². The number of carboxylic acid groups (broad SMARTS) is 1. The highest BCUT2D eigenvalue weighted by Crippen LogP contribution is 2.49. The van der Waals surface area contributed by atoms with Gasteiger partial charge in [-0.1, -0.05) is 68.2 Å².